The van der Waals surface area contributed by atoms with E-state index in [0.29, 0.717) is 5.92 Å². The molecule has 1 heteroatoms. The second kappa shape index (κ2) is 4.08. The first kappa shape index (κ1) is 9.79. The molecule has 0 radical (unpaired) electrons. The molecule has 0 aliphatic heterocycles. The van der Waals surface area contributed by atoms with Crippen LogP contribution in [0.1, 0.15) is 45.4 Å². The van der Waals surface area contributed by atoms with E-state index in [0.717, 1.165) is 6.42 Å². The normalized spacial score (nSPS) is 24.8. The van der Waals surface area contributed by atoms with Crippen LogP contribution in [-0.2, 0) is 0 Å². The van der Waals surface area contributed by atoms with E-state index < -0.39 is 5.60 Å². The lowest BCUT2D eigenvalue weighted by Crippen LogP contribution is -2.35. The molecule has 0 aromatic rings. The van der Waals surface area contributed by atoms with E-state index in [1.807, 2.05) is 13.0 Å². The van der Waals surface area contributed by atoms with Crippen LogP contribution in [0.2, 0.25) is 0 Å². The highest BCUT2D eigenvalue weighted by Gasteiger charge is 2.31. The van der Waals surface area contributed by atoms with Crippen molar-refractivity contribution in [3.8, 4) is 0 Å². The van der Waals surface area contributed by atoms with Crippen molar-refractivity contribution in [1.29, 1.82) is 0 Å². The molecule has 0 aromatic carbocycles. The van der Waals surface area contributed by atoms with Gasteiger partial charge >= 0.3 is 0 Å². The first-order valence-electron chi connectivity index (χ1n) is 5.00. The summed E-state index contributed by atoms with van der Waals surface area (Å²) in [5.74, 6) is 0.504. The van der Waals surface area contributed by atoms with Crippen molar-refractivity contribution in [2.45, 2.75) is 51.0 Å². The molecule has 1 aliphatic rings. The van der Waals surface area contributed by atoms with Crippen LogP contribution in [0.5, 0.6) is 0 Å². The van der Waals surface area contributed by atoms with Crippen molar-refractivity contribution in [2.75, 3.05) is 0 Å². The van der Waals surface area contributed by atoms with Crippen molar-refractivity contribution in [2.24, 2.45) is 5.92 Å². The molecule has 0 unspecified atom stereocenters. The first-order valence-corrected chi connectivity index (χ1v) is 5.00. The second-order valence-corrected chi connectivity index (χ2v) is 4.18. The van der Waals surface area contributed by atoms with Gasteiger partial charge in [0.1, 0.15) is 0 Å². The molecule has 1 rings (SSSR count). The van der Waals surface area contributed by atoms with E-state index in [-0.39, 0.29) is 0 Å². The standard InChI is InChI=1S/C11H20O/c1-3-9-11(2,12)10-7-5-4-6-8-10/h3,10,12H,1,4-9H2,2H3/t11-/m1/s1. The molecule has 0 amide bonds. The Morgan fingerprint density at radius 1 is 1.42 bits per heavy atom. The van der Waals surface area contributed by atoms with Gasteiger partial charge in [-0.2, -0.15) is 0 Å². The van der Waals surface area contributed by atoms with Gasteiger partial charge in [0, 0.05) is 0 Å². The topological polar surface area (TPSA) is 20.2 Å². The van der Waals surface area contributed by atoms with Gasteiger partial charge in [-0.3, -0.25) is 0 Å². The van der Waals surface area contributed by atoms with Gasteiger partial charge in [-0.05, 0) is 32.1 Å². The highest BCUT2D eigenvalue weighted by molar-refractivity contribution is 4.89. The Morgan fingerprint density at radius 2 is 2.00 bits per heavy atom. The fraction of sp³-hybridized carbons (Fsp3) is 0.818. The maximum Gasteiger partial charge on any atom is 0.0681 e. The summed E-state index contributed by atoms with van der Waals surface area (Å²) in [6, 6.07) is 0. The van der Waals surface area contributed by atoms with Crippen LogP contribution in [0.15, 0.2) is 12.7 Å². The average Bonchev–Trinajstić information content (AvgIpc) is 2.06. The van der Waals surface area contributed by atoms with Gasteiger partial charge in [0.05, 0.1) is 5.60 Å². The van der Waals surface area contributed by atoms with Crippen LogP contribution in [0, 0.1) is 5.92 Å². The number of hydrogen-bond acceptors (Lipinski definition) is 1. The maximum atomic E-state index is 10.1. The van der Waals surface area contributed by atoms with Crippen LogP contribution in [0.3, 0.4) is 0 Å². The Balaban J connectivity index is 2.47. The summed E-state index contributed by atoms with van der Waals surface area (Å²) in [5.41, 5.74) is -0.498. The van der Waals surface area contributed by atoms with Crippen LogP contribution < -0.4 is 0 Å². The summed E-state index contributed by atoms with van der Waals surface area (Å²) in [7, 11) is 0. The minimum Gasteiger partial charge on any atom is -0.390 e. The van der Waals surface area contributed by atoms with Gasteiger partial charge in [-0.1, -0.05) is 25.3 Å². The zero-order valence-corrected chi connectivity index (χ0v) is 8.05. The molecule has 1 saturated carbocycles. The Morgan fingerprint density at radius 3 is 2.50 bits per heavy atom. The summed E-state index contributed by atoms with van der Waals surface area (Å²) < 4.78 is 0. The monoisotopic (exact) mass is 168 g/mol. The minimum atomic E-state index is -0.498. The molecule has 1 N–H and O–H groups in total. The van der Waals surface area contributed by atoms with Crippen molar-refractivity contribution >= 4 is 0 Å². The Bertz CT molecular complexity index is 143. The third kappa shape index (κ3) is 2.34. The smallest absolute Gasteiger partial charge is 0.0681 e. The summed E-state index contributed by atoms with van der Waals surface area (Å²) in [5, 5.41) is 10.1. The van der Waals surface area contributed by atoms with Crippen LogP contribution in [0.4, 0.5) is 0 Å². The van der Waals surface area contributed by atoms with Crippen molar-refractivity contribution < 1.29 is 5.11 Å². The Hall–Kier alpha value is -0.300. The Labute approximate surface area is 75.5 Å². The van der Waals surface area contributed by atoms with Gasteiger partial charge in [-0.15, -0.1) is 6.58 Å². The summed E-state index contributed by atoms with van der Waals surface area (Å²) >= 11 is 0. The van der Waals surface area contributed by atoms with Crippen LogP contribution in [0.25, 0.3) is 0 Å². The largest absolute Gasteiger partial charge is 0.390 e. The number of rotatable bonds is 3. The molecular weight excluding hydrogens is 148 g/mol. The molecule has 70 valence electrons. The predicted molar refractivity (Wildman–Crippen MR) is 52.0 cm³/mol. The summed E-state index contributed by atoms with van der Waals surface area (Å²) in [6.45, 7) is 5.63. The fourth-order valence-electron chi connectivity index (χ4n) is 2.18. The zero-order chi connectivity index (χ0) is 9.03. The van der Waals surface area contributed by atoms with Crippen LogP contribution >= 0.6 is 0 Å². The lowest BCUT2D eigenvalue weighted by molar-refractivity contribution is -0.0136. The fourth-order valence-corrected chi connectivity index (χ4v) is 2.18. The van der Waals surface area contributed by atoms with Gasteiger partial charge in [0.25, 0.3) is 0 Å². The quantitative estimate of drug-likeness (QED) is 0.642. The van der Waals surface area contributed by atoms with E-state index >= 15 is 0 Å². The molecule has 0 heterocycles. The SMILES string of the molecule is C=CC[C@@](C)(O)C1CCCCC1. The third-order valence-electron chi connectivity index (χ3n) is 3.04. The summed E-state index contributed by atoms with van der Waals surface area (Å²) in [6.07, 6.45) is 8.88. The molecular formula is C11H20O. The molecule has 0 saturated heterocycles. The third-order valence-corrected chi connectivity index (χ3v) is 3.04. The zero-order valence-electron chi connectivity index (χ0n) is 8.05. The lowest BCUT2D eigenvalue weighted by atomic mass is 9.76. The van der Waals surface area contributed by atoms with Gasteiger partial charge in [0.2, 0.25) is 0 Å². The van der Waals surface area contributed by atoms with Gasteiger partial charge in [-0.25, -0.2) is 0 Å². The van der Waals surface area contributed by atoms with E-state index in [1.165, 1.54) is 32.1 Å². The number of hydrogen-bond donors (Lipinski definition) is 1. The molecule has 0 bridgehead atoms. The molecule has 1 atom stereocenters. The molecule has 0 aromatic heterocycles. The molecule has 12 heavy (non-hydrogen) atoms. The average molecular weight is 168 g/mol. The summed E-state index contributed by atoms with van der Waals surface area (Å²) in [4.78, 5) is 0. The van der Waals surface area contributed by atoms with E-state index in [4.69, 9.17) is 0 Å². The second-order valence-electron chi connectivity index (χ2n) is 4.18. The van der Waals surface area contributed by atoms with Crippen molar-refractivity contribution in [1.82, 2.24) is 0 Å². The number of aliphatic hydroxyl groups is 1. The van der Waals surface area contributed by atoms with Crippen molar-refractivity contribution in [3.63, 3.8) is 0 Å². The molecule has 1 fully saturated rings. The molecule has 1 aliphatic carbocycles. The predicted octanol–water partition coefficient (Wildman–Crippen LogP) is 2.89. The van der Waals surface area contributed by atoms with E-state index in [1.54, 1.807) is 0 Å². The maximum absolute atomic E-state index is 10.1. The first-order chi connectivity index (χ1) is 5.67. The van der Waals surface area contributed by atoms with E-state index in [2.05, 4.69) is 6.58 Å². The highest BCUT2D eigenvalue weighted by atomic mass is 16.3. The van der Waals surface area contributed by atoms with Gasteiger partial charge in [0.15, 0.2) is 0 Å². The van der Waals surface area contributed by atoms with Crippen molar-refractivity contribution in [3.05, 3.63) is 12.7 Å². The molecule has 1 nitrogen and oxygen atoms in total. The van der Waals surface area contributed by atoms with Crippen LogP contribution in [-0.4, -0.2) is 10.7 Å². The minimum absolute atomic E-state index is 0.498. The molecule has 0 spiro atoms. The lowest BCUT2D eigenvalue weighted by Gasteiger charge is -2.34. The highest BCUT2D eigenvalue weighted by Crippen LogP contribution is 2.34. The Kier molecular flexibility index (Phi) is 3.33. The van der Waals surface area contributed by atoms with E-state index in [9.17, 15) is 5.11 Å². The van der Waals surface area contributed by atoms with Gasteiger partial charge < -0.3 is 5.11 Å².